The Morgan fingerprint density at radius 3 is 2.67 bits per heavy atom. The van der Waals surface area contributed by atoms with Gasteiger partial charge in [0.1, 0.15) is 0 Å². The number of hydrogen-bond donors (Lipinski definition) is 2. The summed E-state index contributed by atoms with van der Waals surface area (Å²) >= 11 is 0. The van der Waals surface area contributed by atoms with Gasteiger partial charge in [-0.1, -0.05) is 18.2 Å². The number of nitrogens with two attached hydrogens (primary N) is 1. The average molecular weight is 291 g/mol. The number of hydrogen-bond acceptors (Lipinski definition) is 3. The van der Waals surface area contributed by atoms with Crippen molar-refractivity contribution in [3.05, 3.63) is 35.4 Å². The van der Waals surface area contributed by atoms with Crippen LogP contribution in [0.15, 0.2) is 24.3 Å². The Morgan fingerprint density at radius 2 is 2.00 bits per heavy atom. The van der Waals surface area contributed by atoms with E-state index >= 15 is 0 Å². The van der Waals surface area contributed by atoms with Crippen LogP contribution in [0.3, 0.4) is 0 Å². The van der Waals surface area contributed by atoms with Crippen molar-refractivity contribution in [1.82, 2.24) is 10.2 Å². The fourth-order valence-corrected chi connectivity index (χ4v) is 2.16. The first-order valence-electron chi connectivity index (χ1n) is 7.82. The molecule has 1 amide bonds. The van der Waals surface area contributed by atoms with Crippen molar-refractivity contribution in [1.29, 1.82) is 0 Å². The Balaban J connectivity index is 2.34. The summed E-state index contributed by atoms with van der Waals surface area (Å²) in [5.41, 5.74) is 7.36. The van der Waals surface area contributed by atoms with Crippen LogP contribution >= 0.6 is 0 Å². The van der Waals surface area contributed by atoms with Crippen LogP contribution < -0.4 is 11.1 Å². The van der Waals surface area contributed by atoms with E-state index < -0.39 is 0 Å². The number of benzene rings is 1. The zero-order valence-corrected chi connectivity index (χ0v) is 13.6. The second kappa shape index (κ2) is 9.53. The second-order valence-corrected chi connectivity index (χ2v) is 5.73. The Kier molecular flexibility index (Phi) is 8.01. The van der Waals surface area contributed by atoms with E-state index in [1.807, 2.05) is 24.3 Å². The highest BCUT2D eigenvalue weighted by Crippen LogP contribution is 2.09. The molecule has 0 atom stereocenters. The third kappa shape index (κ3) is 6.27. The molecule has 0 aromatic heterocycles. The molecule has 0 saturated heterocycles. The van der Waals surface area contributed by atoms with Crippen molar-refractivity contribution in [2.75, 3.05) is 26.7 Å². The molecule has 4 heteroatoms. The third-order valence-electron chi connectivity index (χ3n) is 3.78. The number of unbranched alkanes of at least 4 members (excludes halogenated alkanes) is 1. The monoisotopic (exact) mass is 291 g/mol. The molecule has 0 spiro atoms. The third-order valence-corrected chi connectivity index (χ3v) is 3.78. The first-order valence-corrected chi connectivity index (χ1v) is 7.82. The zero-order chi connectivity index (χ0) is 15.7. The maximum atomic E-state index is 12.2. The second-order valence-electron chi connectivity index (χ2n) is 5.73. The van der Waals surface area contributed by atoms with Crippen LogP contribution in [-0.2, 0) is 6.42 Å². The lowest BCUT2D eigenvalue weighted by atomic mass is 10.0. The van der Waals surface area contributed by atoms with Crippen molar-refractivity contribution in [3.8, 4) is 0 Å². The van der Waals surface area contributed by atoms with Crippen LogP contribution in [0.25, 0.3) is 0 Å². The molecule has 0 radical (unpaired) electrons. The van der Waals surface area contributed by atoms with Gasteiger partial charge in [-0.15, -0.1) is 0 Å². The minimum absolute atomic E-state index is 0.0104. The predicted molar refractivity (Wildman–Crippen MR) is 88.5 cm³/mol. The van der Waals surface area contributed by atoms with Crippen LogP contribution in [0.1, 0.15) is 42.6 Å². The number of nitrogens with zero attached hydrogens (tertiary/aromatic N) is 1. The molecular formula is C17H29N3O. The number of amides is 1. The maximum absolute atomic E-state index is 12.2. The Bertz CT molecular complexity index is 432. The smallest absolute Gasteiger partial charge is 0.251 e. The fourth-order valence-electron chi connectivity index (χ4n) is 2.16. The molecule has 0 fully saturated rings. The molecule has 1 rings (SSSR count). The fraction of sp³-hybridized carbons (Fsp3) is 0.588. The molecule has 118 valence electrons. The molecule has 0 aliphatic rings. The highest BCUT2D eigenvalue weighted by atomic mass is 16.1. The van der Waals surface area contributed by atoms with Crippen molar-refractivity contribution in [2.45, 2.75) is 39.2 Å². The summed E-state index contributed by atoms with van der Waals surface area (Å²) < 4.78 is 0. The van der Waals surface area contributed by atoms with Gasteiger partial charge in [-0.05, 0) is 64.9 Å². The Morgan fingerprint density at radius 1 is 1.29 bits per heavy atom. The summed E-state index contributed by atoms with van der Waals surface area (Å²) in [4.78, 5) is 14.5. The first-order chi connectivity index (χ1) is 10.1. The first kappa shape index (κ1) is 17.7. The average Bonchev–Trinajstić information content (AvgIpc) is 2.47. The molecule has 3 N–H and O–H groups in total. The van der Waals surface area contributed by atoms with Crippen LogP contribution in [0.4, 0.5) is 0 Å². The molecule has 21 heavy (non-hydrogen) atoms. The van der Waals surface area contributed by atoms with E-state index in [1.54, 1.807) is 0 Å². The lowest BCUT2D eigenvalue weighted by Crippen LogP contribution is -2.29. The van der Waals surface area contributed by atoms with Gasteiger partial charge < -0.3 is 16.0 Å². The van der Waals surface area contributed by atoms with Gasteiger partial charge in [0.05, 0.1) is 0 Å². The van der Waals surface area contributed by atoms with Gasteiger partial charge >= 0.3 is 0 Å². The van der Waals surface area contributed by atoms with Crippen molar-refractivity contribution in [2.24, 2.45) is 5.73 Å². The largest absolute Gasteiger partial charge is 0.352 e. The predicted octanol–water partition coefficient (Wildman–Crippen LogP) is 2.04. The number of carbonyl (C=O) groups excluding carboxylic acids is 1. The highest BCUT2D eigenvalue weighted by Gasteiger charge is 2.09. The summed E-state index contributed by atoms with van der Waals surface area (Å²) in [6.07, 6.45) is 2.84. The van der Waals surface area contributed by atoms with Crippen LogP contribution in [0.2, 0.25) is 0 Å². The molecule has 4 nitrogen and oxygen atoms in total. The van der Waals surface area contributed by atoms with Gasteiger partial charge in [-0.3, -0.25) is 4.79 Å². The number of nitrogens with one attached hydrogen (secondary N) is 1. The van der Waals surface area contributed by atoms with Crippen molar-refractivity contribution in [3.63, 3.8) is 0 Å². The van der Waals surface area contributed by atoms with Crippen molar-refractivity contribution < 1.29 is 4.79 Å². The summed E-state index contributed by atoms with van der Waals surface area (Å²) in [5.74, 6) is 0.0104. The molecule has 0 aliphatic heterocycles. The van der Waals surface area contributed by atoms with E-state index in [0.717, 1.165) is 43.5 Å². The molecule has 1 aromatic carbocycles. The van der Waals surface area contributed by atoms with Gasteiger partial charge in [0.25, 0.3) is 5.91 Å². The van der Waals surface area contributed by atoms with E-state index in [1.165, 1.54) is 0 Å². The molecular weight excluding hydrogens is 262 g/mol. The Labute approximate surface area is 128 Å². The lowest BCUT2D eigenvalue weighted by molar-refractivity contribution is 0.0951. The van der Waals surface area contributed by atoms with Gasteiger partial charge in [0.2, 0.25) is 0 Å². The molecule has 0 heterocycles. The molecule has 0 aliphatic carbocycles. The molecule has 0 unspecified atom stereocenters. The number of rotatable bonds is 9. The maximum Gasteiger partial charge on any atom is 0.251 e. The summed E-state index contributed by atoms with van der Waals surface area (Å²) in [7, 11) is 2.13. The van der Waals surface area contributed by atoms with Gasteiger partial charge in [0.15, 0.2) is 0 Å². The highest BCUT2D eigenvalue weighted by molar-refractivity contribution is 5.95. The Hall–Kier alpha value is -1.39. The van der Waals surface area contributed by atoms with Crippen LogP contribution in [0, 0.1) is 0 Å². The minimum atomic E-state index is 0.0104. The van der Waals surface area contributed by atoms with Crippen LogP contribution in [-0.4, -0.2) is 43.5 Å². The number of carbonyl (C=O) groups is 1. The quantitative estimate of drug-likeness (QED) is 0.685. The summed E-state index contributed by atoms with van der Waals surface area (Å²) in [6, 6.07) is 8.25. The summed E-state index contributed by atoms with van der Waals surface area (Å²) in [6.45, 7) is 6.73. The van der Waals surface area contributed by atoms with E-state index in [2.05, 4.69) is 31.1 Å². The van der Waals surface area contributed by atoms with Gasteiger partial charge in [0, 0.05) is 18.2 Å². The zero-order valence-electron chi connectivity index (χ0n) is 13.6. The van der Waals surface area contributed by atoms with Gasteiger partial charge in [-0.2, -0.15) is 0 Å². The topological polar surface area (TPSA) is 58.4 Å². The van der Waals surface area contributed by atoms with Crippen LogP contribution in [0.5, 0.6) is 0 Å². The molecule has 0 saturated carbocycles. The van der Waals surface area contributed by atoms with E-state index in [0.29, 0.717) is 12.6 Å². The normalized spacial score (nSPS) is 11.1. The van der Waals surface area contributed by atoms with E-state index in [-0.39, 0.29) is 5.91 Å². The lowest BCUT2D eigenvalue weighted by Gasteiger charge is -2.20. The van der Waals surface area contributed by atoms with Gasteiger partial charge in [-0.25, -0.2) is 0 Å². The SMILES string of the molecule is CC(C)N(C)CCCCNC(=O)c1ccccc1CCN. The minimum Gasteiger partial charge on any atom is -0.352 e. The molecule has 1 aromatic rings. The standard InChI is InChI=1S/C17H29N3O/c1-14(2)20(3)13-7-6-12-19-17(21)16-9-5-4-8-15(16)10-11-18/h4-5,8-9,14H,6-7,10-13,18H2,1-3H3,(H,19,21). The van der Waals surface area contributed by atoms with Crippen molar-refractivity contribution >= 4 is 5.91 Å². The van der Waals surface area contributed by atoms with E-state index in [9.17, 15) is 4.79 Å². The van der Waals surface area contributed by atoms with E-state index in [4.69, 9.17) is 5.73 Å². The molecule has 0 bridgehead atoms. The summed E-state index contributed by atoms with van der Waals surface area (Å²) in [5, 5.41) is 3.00.